The van der Waals surface area contributed by atoms with Gasteiger partial charge in [0.2, 0.25) is 0 Å². The van der Waals surface area contributed by atoms with Crippen LogP contribution in [0.4, 0.5) is 13.2 Å². The highest BCUT2D eigenvalue weighted by atomic mass is 19.2. The first kappa shape index (κ1) is 10.5. The highest BCUT2D eigenvalue weighted by Crippen LogP contribution is 2.18. The molecule has 0 heterocycles. The molecule has 0 radical (unpaired) electrons. The molecule has 2 nitrogen and oxygen atoms in total. The number of hydrogen-bond donors (Lipinski definition) is 1. The van der Waals surface area contributed by atoms with E-state index in [9.17, 15) is 13.2 Å². The average Bonchev–Trinajstić information content (AvgIpc) is 2.16. The van der Waals surface area contributed by atoms with Crippen molar-refractivity contribution in [3.63, 3.8) is 0 Å². The van der Waals surface area contributed by atoms with Crippen LogP contribution in [0.3, 0.4) is 0 Å². The van der Waals surface area contributed by atoms with E-state index in [2.05, 4.69) is 5.32 Å². The Morgan fingerprint density at radius 1 is 1.29 bits per heavy atom. The lowest BCUT2D eigenvalue weighted by Gasteiger charge is -2.08. The molecule has 74 valence electrons. The van der Waals surface area contributed by atoms with Gasteiger partial charge in [0.15, 0.2) is 17.5 Å². The highest BCUT2D eigenvalue weighted by Gasteiger charge is 2.15. The third-order valence-corrected chi connectivity index (χ3v) is 1.76. The monoisotopic (exact) mass is 200 g/mol. The Morgan fingerprint density at radius 2 is 1.79 bits per heavy atom. The highest BCUT2D eigenvalue weighted by molar-refractivity contribution is 5.26. The largest absolute Gasteiger partial charge is 0.301 e. The van der Waals surface area contributed by atoms with Gasteiger partial charge in [-0.05, 0) is 24.7 Å². The lowest BCUT2D eigenvalue weighted by Crippen LogP contribution is -2.15. The maximum absolute atomic E-state index is 12.7. The molecule has 0 aliphatic carbocycles. The van der Waals surface area contributed by atoms with Crippen molar-refractivity contribution in [1.29, 1.82) is 5.26 Å². The summed E-state index contributed by atoms with van der Waals surface area (Å²) in [7, 11) is 1.47. The van der Waals surface area contributed by atoms with Crippen molar-refractivity contribution in [2.75, 3.05) is 7.05 Å². The third kappa shape index (κ3) is 1.86. The zero-order chi connectivity index (χ0) is 10.7. The summed E-state index contributed by atoms with van der Waals surface area (Å²) in [4.78, 5) is 0. The molecule has 0 amide bonds. The molecule has 1 aromatic rings. The minimum atomic E-state index is -1.53. The summed E-state index contributed by atoms with van der Waals surface area (Å²) in [6.45, 7) is 0. The van der Waals surface area contributed by atoms with Crippen LogP contribution in [0.1, 0.15) is 11.6 Å². The quantitative estimate of drug-likeness (QED) is 0.740. The zero-order valence-electron chi connectivity index (χ0n) is 7.31. The van der Waals surface area contributed by atoms with Crippen LogP contribution in [-0.4, -0.2) is 7.05 Å². The molecule has 1 N–H and O–H groups in total. The summed E-state index contributed by atoms with van der Waals surface area (Å²) in [5.41, 5.74) is 0.0615. The van der Waals surface area contributed by atoms with E-state index >= 15 is 0 Å². The molecule has 1 aromatic carbocycles. The van der Waals surface area contributed by atoms with Crippen LogP contribution in [-0.2, 0) is 0 Å². The van der Waals surface area contributed by atoms with E-state index in [1.807, 2.05) is 0 Å². The minimum Gasteiger partial charge on any atom is -0.301 e. The van der Waals surface area contributed by atoms with Gasteiger partial charge in [-0.25, -0.2) is 13.2 Å². The molecule has 0 aromatic heterocycles. The van der Waals surface area contributed by atoms with Crippen molar-refractivity contribution in [3.8, 4) is 6.07 Å². The fourth-order valence-electron chi connectivity index (χ4n) is 1.05. The van der Waals surface area contributed by atoms with Crippen LogP contribution in [0.2, 0.25) is 0 Å². The number of nitriles is 1. The molecule has 0 saturated carbocycles. The Morgan fingerprint density at radius 3 is 2.14 bits per heavy atom. The molecule has 5 heteroatoms. The summed E-state index contributed by atoms with van der Waals surface area (Å²) < 4.78 is 38.0. The van der Waals surface area contributed by atoms with Crippen LogP contribution < -0.4 is 5.32 Å². The first-order valence-corrected chi connectivity index (χ1v) is 3.81. The Bertz CT molecular complexity index is 361. The molecule has 0 bridgehead atoms. The molecule has 0 spiro atoms. The molecule has 14 heavy (non-hydrogen) atoms. The Labute approximate surface area is 79.0 Å². The summed E-state index contributed by atoms with van der Waals surface area (Å²) >= 11 is 0. The predicted octanol–water partition coefficient (Wildman–Crippen LogP) is 1.89. The van der Waals surface area contributed by atoms with Gasteiger partial charge in [0, 0.05) is 0 Å². The fraction of sp³-hybridized carbons (Fsp3) is 0.222. The Hall–Kier alpha value is -1.54. The molecule has 1 rings (SSSR count). The van der Waals surface area contributed by atoms with E-state index < -0.39 is 23.5 Å². The van der Waals surface area contributed by atoms with Gasteiger partial charge in [-0.2, -0.15) is 5.26 Å². The zero-order valence-corrected chi connectivity index (χ0v) is 7.31. The average molecular weight is 200 g/mol. The number of rotatable bonds is 2. The third-order valence-electron chi connectivity index (χ3n) is 1.76. The van der Waals surface area contributed by atoms with Crippen LogP contribution >= 0.6 is 0 Å². The fourth-order valence-corrected chi connectivity index (χ4v) is 1.05. The number of hydrogen-bond acceptors (Lipinski definition) is 2. The number of benzene rings is 1. The van der Waals surface area contributed by atoms with Gasteiger partial charge in [0.25, 0.3) is 0 Å². The molecular weight excluding hydrogens is 193 g/mol. The van der Waals surface area contributed by atoms with Crippen molar-refractivity contribution < 1.29 is 13.2 Å². The van der Waals surface area contributed by atoms with Gasteiger partial charge in [0.05, 0.1) is 6.07 Å². The lowest BCUT2D eigenvalue weighted by atomic mass is 10.1. The number of halogens is 3. The molecule has 1 atom stereocenters. The van der Waals surface area contributed by atoms with Crippen molar-refractivity contribution in [2.45, 2.75) is 6.04 Å². The van der Waals surface area contributed by atoms with Gasteiger partial charge < -0.3 is 5.32 Å². The van der Waals surface area contributed by atoms with E-state index in [4.69, 9.17) is 5.26 Å². The molecule has 0 aliphatic rings. The van der Waals surface area contributed by atoms with Gasteiger partial charge in [-0.3, -0.25) is 0 Å². The van der Waals surface area contributed by atoms with E-state index in [0.717, 1.165) is 12.1 Å². The van der Waals surface area contributed by atoms with Crippen LogP contribution in [0, 0.1) is 28.8 Å². The van der Waals surface area contributed by atoms with E-state index in [0.29, 0.717) is 0 Å². The summed E-state index contributed by atoms with van der Waals surface area (Å²) in [6.07, 6.45) is 0. The maximum Gasteiger partial charge on any atom is 0.194 e. The Balaban J connectivity index is 3.19. The smallest absolute Gasteiger partial charge is 0.194 e. The van der Waals surface area contributed by atoms with E-state index in [-0.39, 0.29) is 5.56 Å². The maximum atomic E-state index is 12.7. The second-order valence-electron chi connectivity index (χ2n) is 2.65. The van der Waals surface area contributed by atoms with Gasteiger partial charge >= 0.3 is 0 Å². The first-order chi connectivity index (χ1) is 6.60. The van der Waals surface area contributed by atoms with Crippen molar-refractivity contribution >= 4 is 0 Å². The topological polar surface area (TPSA) is 35.8 Å². The molecule has 0 aliphatic heterocycles. The summed E-state index contributed by atoms with van der Waals surface area (Å²) in [5, 5.41) is 11.1. The normalized spacial score (nSPS) is 12.2. The molecule has 1 unspecified atom stereocenters. The number of nitrogens with zero attached hydrogens (tertiary/aromatic N) is 1. The van der Waals surface area contributed by atoms with Crippen molar-refractivity contribution in [1.82, 2.24) is 5.32 Å². The van der Waals surface area contributed by atoms with Crippen LogP contribution in [0.5, 0.6) is 0 Å². The molecule has 0 saturated heterocycles. The summed E-state index contributed by atoms with van der Waals surface area (Å²) in [6, 6.07) is 2.52. The lowest BCUT2D eigenvalue weighted by molar-refractivity contribution is 0.444. The minimum absolute atomic E-state index is 0.0615. The molecular formula is C9H7F3N2. The van der Waals surface area contributed by atoms with E-state index in [1.54, 1.807) is 6.07 Å². The number of nitrogens with one attached hydrogen (secondary N) is 1. The van der Waals surface area contributed by atoms with Crippen molar-refractivity contribution in [3.05, 3.63) is 35.1 Å². The SMILES string of the molecule is CNC(C#N)c1cc(F)c(F)c(F)c1. The van der Waals surface area contributed by atoms with Crippen LogP contribution in [0.15, 0.2) is 12.1 Å². The van der Waals surface area contributed by atoms with Crippen molar-refractivity contribution in [2.24, 2.45) is 0 Å². The van der Waals surface area contributed by atoms with Gasteiger partial charge in [0.1, 0.15) is 6.04 Å². The van der Waals surface area contributed by atoms with E-state index in [1.165, 1.54) is 7.05 Å². The first-order valence-electron chi connectivity index (χ1n) is 3.81. The standard InChI is InChI=1S/C9H7F3N2/c1-14-8(4-13)5-2-6(10)9(12)7(11)3-5/h2-3,8,14H,1H3. The summed E-state index contributed by atoms with van der Waals surface area (Å²) in [5.74, 6) is -4.12. The van der Waals surface area contributed by atoms with Gasteiger partial charge in [-0.1, -0.05) is 0 Å². The molecule has 0 fully saturated rings. The Kier molecular flexibility index (Phi) is 3.10. The van der Waals surface area contributed by atoms with Gasteiger partial charge in [-0.15, -0.1) is 0 Å². The predicted molar refractivity (Wildman–Crippen MR) is 43.7 cm³/mol. The second-order valence-corrected chi connectivity index (χ2v) is 2.65. The second kappa shape index (κ2) is 4.11. The van der Waals surface area contributed by atoms with Crippen LogP contribution in [0.25, 0.3) is 0 Å².